The summed E-state index contributed by atoms with van der Waals surface area (Å²) in [6.07, 6.45) is 1.53. The summed E-state index contributed by atoms with van der Waals surface area (Å²) in [6, 6.07) is 2.18. The lowest BCUT2D eigenvalue weighted by atomic mass is 10.2. The fourth-order valence-electron chi connectivity index (χ4n) is 2.83. The zero-order chi connectivity index (χ0) is 17.5. The van der Waals surface area contributed by atoms with Gasteiger partial charge in [-0.25, -0.2) is 0 Å². The molecule has 8 heteroatoms. The highest BCUT2D eigenvalue weighted by atomic mass is 16.5. The summed E-state index contributed by atoms with van der Waals surface area (Å²) in [4.78, 5) is 16.3. The standard InChI is InChI=1S/C16H26N6O2/c1-4-21(9-13(3)8-17)15(23)11-20-6-7-24-14(10-20)16-19-18-12-22(16)5-2/h12-14H,4-7,9-11H2,1-3H3/t13-,14-/m1/s1. The number of morpholine rings is 1. The normalized spacial score (nSPS) is 19.7. The van der Waals surface area contributed by atoms with Gasteiger partial charge in [-0.15, -0.1) is 10.2 Å². The van der Waals surface area contributed by atoms with Gasteiger partial charge in [-0.05, 0) is 20.8 Å². The quantitative estimate of drug-likeness (QED) is 0.729. The molecule has 1 aromatic rings. The van der Waals surface area contributed by atoms with E-state index in [1.54, 1.807) is 11.2 Å². The Bertz CT molecular complexity index is 581. The van der Waals surface area contributed by atoms with Crippen LogP contribution in [0.15, 0.2) is 6.33 Å². The number of likely N-dealkylation sites (N-methyl/N-ethyl adjacent to an activating group) is 1. The number of nitriles is 1. The smallest absolute Gasteiger partial charge is 0.236 e. The molecule has 8 nitrogen and oxygen atoms in total. The summed E-state index contributed by atoms with van der Waals surface area (Å²) in [5.41, 5.74) is 0. The van der Waals surface area contributed by atoms with Crippen LogP contribution in [0.2, 0.25) is 0 Å². The fraction of sp³-hybridized carbons (Fsp3) is 0.750. The van der Waals surface area contributed by atoms with Crippen LogP contribution in [0.5, 0.6) is 0 Å². The molecule has 0 radical (unpaired) electrons. The maximum Gasteiger partial charge on any atom is 0.236 e. The van der Waals surface area contributed by atoms with Crippen molar-refractivity contribution in [3.8, 4) is 6.07 Å². The third-order valence-electron chi connectivity index (χ3n) is 4.23. The molecular formula is C16H26N6O2. The fourth-order valence-corrected chi connectivity index (χ4v) is 2.83. The van der Waals surface area contributed by atoms with Gasteiger partial charge in [0.1, 0.15) is 12.4 Å². The van der Waals surface area contributed by atoms with E-state index in [0.29, 0.717) is 39.3 Å². The van der Waals surface area contributed by atoms with Gasteiger partial charge < -0.3 is 14.2 Å². The topological polar surface area (TPSA) is 87.3 Å². The Kier molecular flexibility index (Phi) is 6.70. The van der Waals surface area contributed by atoms with Crippen molar-refractivity contribution in [3.63, 3.8) is 0 Å². The molecule has 2 atom stereocenters. The summed E-state index contributed by atoms with van der Waals surface area (Å²) in [5, 5.41) is 17.0. The lowest BCUT2D eigenvalue weighted by Crippen LogP contribution is -2.46. The van der Waals surface area contributed by atoms with E-state index >= 15 is 0 Å². The number of nitrogens with zero attached hydrogens (tertiary/aromatic N) is 6. The predicted octanol–water partition coefficient (Wildman–Crippen LogP) is 0.679. The minimum atomic E-state index is -0.165. The summed E-state index contributed by atoms with van der Waals surface area (Å²) in [6.45, 7) is 9.92. The first-order valence-corrected chi connectivity index (χ1v) is 8.48. The van der Waals surface area contributed by atoms with Crippen LogP contribution < -0.4 is 0 Å². The van der Waals surface area contributed by atoms with E-state index in [9.17, 15) is 4.79 Å². The summed E-state index contributed by atoms with van der Waals surface area (Å²) in [5.74, 6) is 0.701. The van der Waals surface area contributed by atoms with Gasteiger partial charge in [0.25, 0.3) is 0 Å². The maximum atomic E-state index is 12.5. The second kappa shape index (κ2) is 8.76. The Hall–Kier alpha value is -1.98. The van der Waals surface area contributed by atoms with Gasteiger partial charge in [-0.2, -0.15) is 5.26 Å². The van der Waals surface area contributed by atoms with Crippen LogP contribution in [0.3, 0.4) is 0 Å². The van der Waals surface area contributed by atoms with E-state index in [0.717, 1.165) is 12.4 Å². The molecule has 1 aromatic heterocycles. The van der Waals surface area contributed by atoms with Gasteiger partial charge >= 0.3 is 0 Å². The van der Waals surface area contributed by atoms with Crippen molar-refractivity contribution < 1.29 is 9.53 Å². The van der Waals surface area contributed by atoms with Gasteiger partial charge in [0, 0.05) is 32.7 Å². The van der Waals surface area contributed by atoms with Crippen LogP contribution in [0, 0.1) is 17.2 Å². The molecular weight excluding hydrogens is 308 g/mol. The van der Waals surface area contributed by atoms with Crippen LogP contribution in [0.4, 0.5) is 0 Å². The SMILES string of the molecule is CCN(C[C@H](C)C#N)C(=O)CN1CCO[C@@H](c2nncn2CC)C1. The minimum Gasteiger partial charge on any atom is -0.368 e. The molecule has 1 aliphatic rings. The van der Waals surface area contributed by atoms with E-state index in [4.69, 9.17) is 10.00 Å². The molecule has 0 spiro atoms. The number of rotatable bonds is 7. The predicted molar refractivity (Wildman–Crippen MR) is 87.9 cm³/mol. The van der Waals surface area contributed by atoms with Crippen molar-refractivity contribution in [1.82, 2.24) is 24.6 Å². The molecule has 0 unspecified atom stereocenters. The molecule has 0 saturated carbocycles. The molecule has 1 amide bonds. The molecule has 2 heterocycles. The van der Waals surface area contributed by atoms with Crippen LogP contribution >= 0.6 is 0 Å². The molecule has 132 valence electrons. The van der Waals surface area contributed by atoms with Gasteiger partial charge in [0.15, 0.2) is 5.82 Å². The molecule has 0 N–H and O–H groups in total. The molecule has 0 bridgehead atoms. The zero-order valence-corrected chi connectivity index (χ0v) is 14.7. The van der Waals surface area contributed by atoms with Crippen molar-refractivity contribution in [2.75, 3.05) is 39.3 Å². The van der Waals surface area contributed by atoms with E-state index in [1.807, 2.05) is 25.3 Å². The average Bonchev–Trinajstić information content (AvgIpc) is 3.08. The third-order valence-corrected chi connectivity index (χ3v) is 4.23. The van der Waals surface area contributed by atoms with Gasteiger partial charge in [-0.1, -0.05) is 0 Å². The van der Waals surface area contributed by atoms with Gasteiger partial charge in [0.2, 0.25) is 5.91 Å². The molecule has 2 rings (SSSR count). The summed E-state index contributed by atoms with van der Waals surface area (Å²) < 4.78 is 7.77. The second-order valence-electron chi connectivity index (χ2n) is 6.03. The number of amides is 1. The second-order valence-corrected chi connectivity index (χ2v) is 6.03. The summed E-state index contributed by atoms with van der Waals surface area (Å²) >= 11 is 0. The molecule has 24 heavy (non-hydrogen) atoms. The minimum absolute atomic E-state index is 0.0530. The number of aromatic nitrogens is 3. The number of hydrogen-bond acceptors (Lipinski definition) is 6. The molecule has 1 aliphatic heterocycles. The molecule has 1 saturated heterocycles. The Morgan fingerprint density at radius 2 is 2.38 bits per heavy atom. The Balaban J connectivity index is 1.95. The highest BCUT2D eigenvalue weighted by Gasteiger charge is 2.28. The molecule has 0 aliphatic carbocycles. The van der Waals surface area contributed by atoms with E-state index in [1.165, 1.54) is 0 Å². The van der Waals surface area contributed by atoms with Crippen molar-refractivity contribution in [2.45, 2.75) is 33.4 Å². The van der Waals surface area contributed by atoms with Crippen LogP contribution in [0.25, 0.3) is 0 Å². The van der Waals surface area contributed by atoms with Crippen molar-refractivity contribution in [1.29, 1.82) is 5.26 Å². The number of ether oxygens (including phenoxy) is 1. The van der Waals surface area contributed by atoms with E-state index in [2.05, 4.69) is 21.2 Å². The average molecular weight is 334 g/mol. The zero-order valence-electron chi connectivity index (χ0n) is 14.7. The largest absolute Gasteiger partial charge is 0.368 e. The first kappa shape index (κ1) is 18.4. The number of aryl methyl sites for hydroxylation is 1. The Morgan fingerprint density at radius 3 is 3.04 bits per heavy atom. The first-order valence-electron chi connectivity index (χ1n) is 8.48. The number of carbonyl (C=O) groups excluding carboxylic acids is 1. The van der Waals surface area contributed by atoms with Crippen molar-refractivity contribution in [2.24, 2.45) is 5.92 Å². The van der Waals surface area contributed by atoms with Crippen LogP contribution in [-0.2, 0) is 16.1 Å². The Labute approximate surface area is 143 Å². The number of hydrogen-bond donors (Lipinski definition) is 0. The summed E-state index contributed by atoms with van der Waals surface area (Å²) in [7, 11) is 0. The van der Waals surface area contributed by atoms with Crippen molar-refractivity contribution in [3.05, 3.63) is 12.2 Å². The first-order chi connectivity index (χ1) is 11.6. The van der Waals surface area contributed by atoms with Gasteiger partial charge in [-0.3, -0.25) is 9.69 Å². The maximum absolute atomic E-state index is 12.5. The van der Waals surface area contributed by atoms with E-state index in [-0.39, 0.29) is 17.9 Å². The lowest BCUT2D eigenvalue weighted by molar-refractivity contribution is -0.134. The van der Waals surface area contributed by atoms with E-state index < -0.39 is 0 Å². The Morgan fingerprint density at radius 1 is 1.58 bits per heavy atom. The highest BCUT2D eigenvalue weighted by molar-refractivity contribution is 5.78. The van der Waals surface area contributed by atoms with Crippen molar-refractivity contribution >= 4 is 5.91 Å². The third kappa shape index (κ3) is 4.52. The van der Waals surface area contributed by atoms with Crippen LogP contribution in [0.1, 0.15) is 32.7 Å². The number of carbonyl (C=O) groups is 1. The van der Waals surface area contributed by atoms with Crippen LogP contribution in [-0.4, -0.2) is 69.8 Å². The highest BCUT2D eigenvalue weighted by Crippen LogP contribution is 2.20. The lowest BCUT2D eigenvalue weighted by Gasteiger charge is -2.33. The monoisotopic (exact) mass is 334 g/mol. The molecule has 1 fully saturated rings. The van der Waals surface area contributed by atoms with Gasteiger partial charge in [0.05, 0.1) is 25.1 Å². The molecule has 0 aromatic carbocycles.